The molecule has 0 fully saturated rings. The largest absolute Gasteiger partial charge is 0.248 e. The van der Waals surface area contributed by atoms with E-state index in [9.17, 15) is 0 Å². The Kier molecular flexibility index (Phi) is 2.82. The molecule has 0 aliphatic rings. The average molecular weight is 197 g/mol. The molecule has 76 valence electrons. The summed E-state index contributed by atoms with van der Waals surface area (Å²) >= 11 is 0. The third-order valence-electron chi connectivity index (χ3n) is 2.47. The van der Waals surface area contributed by atoms with Crippen molar-refractivity contribution < 1.29 is 0 Å². The molecule has 0 spiro atoms. The zero-order valence-electron chi connectivity index (χ0n) is 9.20. The molecule has 1 aromatic carbocycles. The minimum absolute atomic E-state index is 1.05. The molecule has 1 heterocycles. The molecule has 15 heavy (non-hydrogen) atoms. The predicted molar refractivity (Wildman–Crippen MR) is 65.8 cm³/mol. The molecule has 2 aromatic rings. The number of para-hydroxylation sites is 1. The van der Waals surface area contributed by atoms with Crippen LogP contribution in [0.15, 0.2) is 36.4 Å². The van der Waals surface area contributed by atoms with E-state index in [1.54, 1.807) is 0 Å². The van der Waals surface area contributed by atoms with Crippen LogP contribution in [0.5, 0.6) is 0 Å². The molecule has 1 aromatic heterocycles. The van der Waals surface area contributed by atoms with Crippen molar-refractivity contribution in [2.24, 2.45) is 0 Å². The van der Waals surface area contributed by atoms with E-state index in [0.29, 0.717) is 0 Å². The summed E-state index contributed by atoms with van der Waals surface area (Å²) in [6.45, 7) is 4.24. The summed E-state index contributed by atoms with van der Waals surface area (Å²) in [7, 11) is 0. The molecule has 0 N–H and O–H groups in total. The van der Waals surface area contributed by atoms with Crippen LogP contribution >= 0.6 is 0 Å². The van der Waals surface area contributed by atoms with Crippen LogP contribution in [0.4, 0.5) is 0 Å². The molecular weight excluding hydrogens is 182 g/mol. The second-order valence-electron chi connectivity index (χ2n) is 3.69. The highest BCUT2D eigenvalue weighted by molar-refractivity contribution is 5.80. The molecule has 0 radical (unpaired) electrons. The Morgan fingerprint density at radius 3 is 2.87 bits per heavy atom. The summed E-state index contributed by atoms with van der Waals surface area (Å²) in [5.41, 5.74) is 3.38. The normalized spacial score (nSPS) is 11.3. The van der Waals surface area contributed by atoms with Gasteiger partial charge in [0.2, 0.25) is 0 Å². The van der Waals surface area contributed by atoms with Crippen molar-refractivity contribution in [3.05, 3.63) is 47.7 Å². The van der Waals surface area contributed by atoms with E-state index < -0.39 is 0 Å². The van der Waals surface area contributed by atoms with Crippen LogP contribution in [0.3, 0.4) is 0 Å². The van der Waals surface area contributed by atoms with E-state index in [2.05, 4.69) is 49.2 Å². The highest BCUT2D eigenvalue weighted by Gasteiger charge is 1.99. The zero-order valence-corrected chi connectivity index (χ0v) is 9.20. The van der Waals surface area contributed by atoms with E-state index >= 15 is 0 Å². The molecule has 0 aliphatic heterocycles. The lowest BCUT2D eigenvalue weighted by molar-refractivity contribution is 1.22. The van der Waals surface area contributed by atoms with Gasteiger partial charge in [0.1, 0.15) is 0 Å². The molecule has 0 bridgehead atoms. The second-order valence-corrected chi connectivity index (χ2v) is 3.69. The van der Waals surface area contributed by atoms with Crippen molar-refractivity contribution in [2.75, 3.05) is 0 Å². The summed E-state index contributed by atoms with van der Waals surface area (Å²) in [5.74, 6) is 0. The van der Waals surface area contributed by atoms with Crippen LogP contribution in [0.1, 0.15) is 24.6 Å². The van der Waals surface area contributed by atoms with E-state index in [-0.39, 0.29) is 0 Å². The molecule has 0 aliphatic carbocycles. The maximum Gasteiger partial charge on any atom is 0.0709 e. The lowest BCUT2D eigenvalue weighted by Crippen LogP contribution is -1.88. The van der Waals surface area contributed by atoms with E-state index in [0.717, 1.165) is 17.6 Å². The number of allylic oxidation sites excluding steroid dienone is 1. The molecule has 0 atom stereocenters. The predicted octanol–water partition coefficient (Wildman–Crippen LogP) is 3.97. The molecule has 2 rings (SSSR count). The van der Waals surface area contributed by atoms with Crippen molar-refractivity contribution >= 4 is 17.0 Å². The Labute approximate surface area is 90.5 Å². The number of pyridine rings is 1. The van der Waals surface area contributed by atoms with Crippen molar-refractivity contribution in [1.82, 2.24) is 4.98 Å². The first-order valence-electron chi connectivity index (χ1n) is 5.34. The standard InChI is InChI=1S/C14H15N/c1-3-4-8-13-11(2)10-12-7-5-6-9-14(12)15-13/h4-10H,3H2,1-2H3/b8-4+. The second kappa shape index (κ2) is 4.26. The number of rotatable bonds is 2. The number of aromatic nitrogens is 1. The number of fused-ring (bicyclic) bond motifs is 1. The maximum absolute atomic E-state index is 4.63. The van der Waals surface area contributed by atoms with Crippen molar-refractivity contribution in [1.29, 1.82) is 0 Å². The Bertz CT molecular complexity index is 498. The fraction of sp³-hybridized carbons (Fsp3) is 0.214. The topological polar surface area (TPSA) is 12.9 Å². The van der Waals surface area contributed by atoms with Gasteiger partial charge in [0.15, 0.2) is 0 Å². The zero-order chi connectivity index (χ0) is 10.7. The Morgan fingerprint density at radius 2 is 2.07 bits per heavy atom. The first kappa shape index (κ1) is 9.91. The average Bonchev–Trinajstić information content (AvgIpc) is 2.26. The fourth-order valence-corrected chi connectivity index (χ4v) is 1.63. The number of nitrogens with zero attached hydrogens (tertiary/aromatic N) is 1. The van der Waals surface area contributed by atoms with Crippen LogP contribution in [0, 0.1) is 6.92 Å². The summed E-state index contributed by atoms with van der Waals surface area (Å²) in [5, 5.41) is 1.21. The van der Waals surface area contributed by atoms with Gasteiger partial charge < -0.3 is 0 Å². The van der Waals surface area contributed by atoms with Crippen molar-refractivity contribution in [2.45, 2.75) is 20.3 Å². The Balaban J connectivity index is 2.57. The van der Waals surface area contributed by atoms with Gasteiger partial charge in [-0.2, -0.15) is 0 Å². The molecule has 1 heteroatoms. The van der Waals surface area contributed by atoms with Crippen LogP contribution in [-0.2, 0) is 0 Å². The van der Waals surface area contributed by atoms with E-state index in [4.69, 9.17) is 0 Å². The number of hydrogen-bond acceptors (Lipinski definition) is 1. The minimum Gasteiger partial charge on any atom is -0.248 e. The van der Waals surface area contributed by atoms with Gasteiger partial charge in [-0.1, -0.05) is 31.2 Å². The maximum atomic E-state index is 4.63. The van der Waals surface area contributed by atoms with Gasteiger partial charge in [-0.3, -0.25) is 0 Å². The highest BCUT2D eigenvalue weighted by atomic mass is 14.7. The number of benzene rings is 1. The van der Waals surface area contributed by atoms with Crippen molar-refractivity contribution in [3.63, 3.8) is 0 Å². The first-order chi connectivity index (χ1) is 7.31. The SMILES string of the molecule is CC/C=C/c1nc2ccccc2cc1C. The number of aryl methyl sites for hydroxylation is 1. The minimum atomic E-state index is 1.05. The molecule has 0 unspecified atom stereocenters. The summed E-state index contributed by atoms with van der Waals surface area (Å²) in [4.78, 5) is 4.63. The fourth-order valence-electron chi connectivity index (χ4n) is 1.63. The van der Waals surface area contributed by atoms with Crippen LogP contribution in [0.25, 0.3) is 17.0 Å². The number of hydrogen-bond donors (Lipinski definition) is 0. The summed E-state index contributed by atoms with van der Waals surface area (Å²) in [6, 6.07) is 10.4. The Morgan fingerprint density at radius 1 is 1.27 bits per heavy atom. The van der Waals surface area contributed by atoms with Gasteiger partial charge in [0.25, 0.3) is 0 Å². The Hall–Kier alpha value is -1.63. The van der Waals surface area contributed by atoms with Gasteiger partial charge in [0, 0.05) is 5.39 Å². The highest BCUT2D eigenvalue weighted by Crippen LogP contribution is 2.16. The van der Waals surface area contributed by atoms with Gasteiger partial charge in [-0.15, -0.1) is 0 Å². The lowest BCUT2D eigenvalue weighted by atomic mass is 10.1. The molecule has 0 amide bonds. The summed E-state index contributed by atoms with van der Waals surface area (Å²) in [6.07, 6.45) is 5.29. The smallest absolute Gasteiger partial charge is 0.0709 e. The van der Waals surface area contributed by atoms with Gasteiger partial charge in [-0.05, 0) is 37.1 Å². The van der Waals surface area contributed by atoms with Crippen LogP contribution in [0.2, 0.25) is 0 Å². The quantitative estimate of drug-likeness (QED) is 0.710. The van der Waals surface area contributed by atoms with E-state index in [1.165, 1.54) is 10.9 Å². The van der Waals surface area contributed by atoms with Gasteiger partial charge >= 0.3 is 0 Å². The molecule has 0 saturated carbocycles. The van der Waals surface area contributed by atoms with E-state index in [1.807, 2.05) is 12.1 Å². The van der Waals surface area contributed by atoms with Crippen LogP contribution < -0.4 is 0 Å². The first-order valence-corrected chi connectivity index (χ1v) is 5.34. The third-order valence-corrected chi connectivity index (χ3v) is 2.47. The molecule has 0 saturated heterocycles. The van der Waals surface area contributed by atoms with Crippen molar-refractivity contribution in [3.8, 4) is 0 Å². The molecule has 1 nitrogen and oxygen atoms in total. The summed E-state index contributed by atoms with van der Waals surface area (Å²) < 4.78 is 0. The molecular formula is C14H15N. The monoisotopic (exact) mass is 197 g/mol. The van der Waals surface area contributed by atoms with Gasteiger partial charge in [-0.25, -0.2) is 4.98 Å². The van der Waals surface area contributed by atoms with Gasteiger partial charge in [0.05, 0.1) is 11.2 Å². The third kappa shape index (κ3) is 2.07. The lowest BCUT2D eigenvalue weighted by Gasteiger charge is -2.02. The van der Waals surface area contributed by atoms with Crippen LogP contribution in [-0.4, -0.2) is 4.98 Å².